The van der Waals surface area contributed by atoms with Crippen LogP contribution in [0.15, 0.2) is 24.3 Å². The fraction of sp³-hybridized carbons (Fsp3) is 0.462. The molecule has 1 aromatic rings. The summed E-state index contributed by atoms with van der Waals surface area (Å²) < 4.78 is 0. The van der Waals surface area contributed by atoms with Gasteiger partial charge in [-0.2, -0.15) is 0 Å². The second-order valence-corrected chi connectivity index (χ2v) is 4.76. The molecule has 0 spiro atoms. The quantitative estimate of drug-likeness (QED) is 0.867. The summed E-state index contributed by atoms with van der Waals surface area (Å²) in [6.45, 7) is 2.59. The van der Waals surface area contributed by atoms with E-state index >= 15 is 0 Å². The van der Waals surface area contributed by atoms with Crippen LogP contribution in [0, 0.1) is 6.92 Å². The fourth-order valence-electron chi connectivity index (χ4n) is 1.87. The second-order valence-electron chi connectivity index (χ2n) is 4.76. The van der Waals surface area contributed by atoms with Gasteiger partial charge >= 0.3 is 0 Å². The molecule has 4 heteroatoms. The molecule has 0 heterocycles. The summed E-state index contributed by atoms with van der Waals surface area (Å²) in [4.78, 5) is 11.8. The van der Waals surface area contributed by atoms with E-state index in [4.69, 9.17) is 5.73 Å². The molecule has 1 amide bonds. The van der Waals surface area contributed by atoms with Gasteiger partial charge in [0.2, 0.25) is 0 Å². The SMILES string of the molecule is Cc1ccc(C(=O)NCC2(N)CCC2)cc1.Cl. The minimum Gasteiger partial charge on any atom is -0.350 e. The van der Waals surface area contributed by atoms with Crippen LogP contribution in [0.2, 0.25) is 0 Å². The van der Waals surface area contributed by atoms with Gasteiger partial charge in [0.05, 0.1) is 0 Å². The zero-order chi connectivity index (χ0) is 11.6. The van der Waals surface area contributed by atoms with E-state index in [9.17, 15) is 4.79 Å². The Hall–Kier alpha value is -1.06. The van der Waals surface area contributed by atoms with Crippen molar-refractivity contribution in [2.24, 2.45) is 5.73 Å². The zero-order valence-electron chi connectivity index (χ0n) is 10.0. The molecule has 1 aliphatic carbocycles. The average molecular weight is 255 g/mol. The lowest BCUT2D eigenvalue weighted by Gasteiger charge is -2.38. The van der Waals surface area contributed by atoms with Crippen molar-refractivity contribution in [2.75, 3.05) is 6.54 Å². The summed E-state index contributed by atoms with van der Waals surface area (Å²) >= 11 is 0. The number of rotatable bonds is 3. The van der Waals surface area contributed by atoms with Crippen LogP contribution in [-0.4, -0.2) is 18.0 Å². The standard InChI is InChI=1S/C13H18N2O.ClH/c1-10-3-5-11(6-4-10)12(16)15-9-13(14)7-2-8-13;/h3-6H,2,7-9,14H2,1H3,(H,15,16);1H. The molecule has 2 rings (SSSR count). The molecular weight excluding hydrogens is 236 g/mol. The Morgan fingerprint density at radius 3 is 2.41 bits per heavy atom. The number of nitrogens with two attached hydrogens (primary N) is 1. The van der Waals surface area contributed by atoms with Gasteiger partial charge in [-0.3, -0.25) is 4.79 Å². The third-order valence-electron chi connectivity index (χ3n) is 3.26. The molecule has 0 bridgehead atoms. The third kappa shape index (κ3) is 3.45. The van der Waals surface area contributed by atoms with Crippen LogP contribution in [0.3, 0.4) is 0 Å². The number of carbonyl (C=O) groups excluding carboxylic acids is 1. The van der Waals surface area contributed by atoms with Crippen molar-refractivity contribution in [2.45, 2.75) is 31.7 Å². The Morgan fingerprint density at radius 2 is 1.94 bits per heavy atom. The first kappa shape index (κ1) is 14.0. The van der Waals surface area contributed by atoms with E-state index in [0.717, 1.165) is 18.4 Å². The van der Waals surface area contributed by atoms with Gasteiger partial charge in [0, 0.05) is 17.6 Å². The van der Waals surface area contributed by atoms with Gasteiger partial charge in [0.15, 0.2) is 0 Å². The van der Waals surface area contributed by atoms with Crippen LogP contribution in [0.4, 0.5) is 0 Å². The summed E-state index contributed by atoms with van der Waals surface area (Å²) in [5.41, 5.74) is 7.75. The molecule has 1 saturated carbocycles. The lowest BCUT2D eigenvalue weighted by Crippen LogP contribution is -2.54. The first-order valence-corrected chi connectivity index (χ1v) is 5.73. The molecule has 3 nitrogen and oxygen atoms in total. The van der Waals surface area contributed by atoms with Gasteiger partial charge in [0.1, 0.15) is 0 Å². The Morgan fingerprint density at radius 1 is 1.35 bits per heavy atom. The van der Waals surface area contributed by atoms with E-state index in [1.54, 1.807) is 0 Å². The van der Waals surface area contributed by atoms with Crippen LogP contribution in [-0.2, 0) is 0 Å². The van der Waals surface area contributed by atoms with Crippen molar-refractivity contribution in [3.05, 3.63) is 35.4 Å². The summed E-state index contributed by atoms with van der Waals surface area (Å²) in [6, 6.07) is 7.57. The molecule has 0 unspecified atom stereocenters. The first-order chi connectivity index (χ1) is 7.59. The third-order valence-corrected chi connectivity index (χ3v) is 3.26. The van der Waals surface area contributed by atoms with Crippen molar-refractivity contribution >= 4 is 18.3 Å². The van der Waals surface area contributed by atoms with E-state index in [-0.39, 0.29) is 23.9 Å². The van der Waals surface area contributed by atoms with Gasteiger partial charge in [-0.15, -0.1) is 12.4 Å². The molecule has 1 aliphatic rings. The van der Waals surface area contributed by atoms with Crippen LogP contribution in [0.25, 0.3) is 0 Å². The topological polar surface area (TPSA) is 55.1 Å². The van der Waals surface area contributed by atoms with E-state index < -0.39 is 0 Å². The zero-order valence-corrected chi connectivity index (χ0v) is 10.8. The van der Waals surface area contributed by atoms with Crippen LogP contribution < -0.4 is 11.1 Å². The number of carbonyl (C=O) groups is 1. The number of halogens is 1. The van der Waals surface area contributed by atoms with Crippen molar-refractivity contribution in [3.8, 4) is 0 Å². The molecule has 17 heavy (non-hydrogen) atoms. The maximum Gasteiger partial charge on any atom is 0.251 e. The Kier molecular flexibility index (Phi) is 4.54. The molecule has 3 N–H and O–H groups in total. The minimum atomic E-state index is -0.152. The van der Waals surface area contributed by atoms with E-state index in [0.29, 0.717) is 12.1 Å². The van der Waals surface area contributed by atoms with Crippen molar-refractivity contribution in [1.82, 2.24) is 5.32 Å². The minimum absolute atomic E-state index is 0. The highest BCUT2D eigenvalue weighted by Gasteiger charge is 2.32. The van der Waals surface area contributed by atoms with Crippen molar-refractivity contribution in [1.29, 1.82) is 0 Å². The predicted octanol–water partition coefficient (Wildman–Crippen LogP) is 2.03. The van der Waals surface area contributed by atoms with Gasteiger partial charge in [-0.25, -0.2) is 0 Å². The lowest BCUT2D eigenvalue weighted by molar-refractivity contribution is 0.0930. The first-order valence-electron chi connectivity index (χ1n) is 5.73. The second kappa shape index (κ2) is 5.52. The fourth-order valence-corrected chi connectivity index (χ4v) is 1.87. The smallest absolute Gasteiger partial charge is 0.251 e. The largest absolute Gasteiger partial charge is 0.350 e. The van der Waals surface area contributed by atoms with Crippen LogP contribution in [0.5, 0.6) is 0 Å². The van der Waals surface area contributed by atoms with Crippen LogP contribution >= 0.6 is 12.4 Å². The van der Waals surface area contributed by atoms with Crippen molar-refractivity contribution < 1.29 is 4.79 Å². The molecule has 94 valence electrons. The summed E-state index contributed by atoms with van der Waals surface area (Å²) in [7, 11) is 0. The highest BCUT2D eigenvalue weighted by molar-refractivity contribution is 5.94. The molecule has 0 saturated heterocycles. The maximum atomic E-state index is 11.8. The summed E-state index contributed by atoms with van der Waals surface area (Å²) in [5.74, 6) is -0.0308. The molecule has 0 aromatic heterocycles. The van der Waals surface area contributed by atoms with Gasteiger partial charge in [-0.1, -0.05) is 17.7 Å². The normalized spacial score (nSPS) is 16.6. The number of nitrogens with one attached hydrogen (secondary N) is 1. The molecule has 1 fully saturated rings. The van der Waals surface area contributed by atoms with E-state index in [1.165, 1.54) is 6.42 Å². The molecular formula is C13H19ClN2O. The summed E-state index contributed by atoms with van der Waals surface area (Å²) in [5, 5.41) is 2.90. The number of hydrogen-bond acceptors (Lipinski definition) is 2. The lowest BCUT2D eigenvalue weighted by atomic mass is 9.78. The summed E-state index contributed by atoms with van der Waals surface area (Å²) in [6.07, 6.45) is 3.21. The number of aryl methyl sites for hydroxylation is 1. The molecule has 1 aromatic carbocycles. The Bertz CT molecular complexity index is 385. The van der Waals surface area contributed by atoms with Crippen LogP contribution in [0.1, 0.15) is 35.2 Å². The van der Waals surface area contributed by atoms with Gasteiger partial charge in [0.25, 0.3) is 5.91 Å². The van der Waals surface area contributed by atoms with E-state index in [1.807, 2.05) is 31.2 Å². The van der Waals surface area contributed by atoms with E-state index in [2.05, 4.69) is 5.32 Å². The average Bonchev–Trinajstić information content (AvgIpc) is 2.24. The van der Waals surface area contributed by atoms with Gasteiger partial charge < -0.3 is 11.1 Å². The maximum absolute atomic E-state index is 11.8. The van der Waals surface area contributed by atoms with Gasteiger partial charge in [-0.05, 0) is 38.3 Å². The molecule has 0 aliphatic heterocycles. The number of amides is 1. The Balaban J connectivity index is 0.00000144. The highest BCUT2D eigenvalue weighted by atomic mass is 35.5. The Labute approximate surface area is 108 Å². The molecule has 0 atom stereocenters. The number of hydrogen-bond donors (Lipinski definition) is 2. The molecule has 0 radical (unpaired) electrons. The monoisotopic (exact) mass is 254 g/mol. The predicted molar refractivity (Wildman–Crippen MR) is 71.5 cm³/mol. The number of benzene rings is 1. The van der Waals surface area contributed by atoms with Crippen molar-refractivity contribution in [3.63, 3.8) is 0 Å². The highest BCUT2D eigenvalue weighted by Crippen LogP contribution is 2.28.